The van der Waals surface area contributed by atoms with Crippen LogP contribution in [0.5, 0.6) is 0 Å². The summed E-state index contributed by atoms with van der Waals surface area (Å²) in [5.41, 5.74) is 1.94. The zero-order chi connectivity index (χ0) is 12.4. The standard InChI is InChI=1S/C14H13N4.HI/c1-18-16-13-10-6-5-9-12(13)14(17-18)15-11-7-3-2-4-8-11;/h2-10H,1H3,(H,15,16,17);1H/q+1;/p-1. The molecule has 0 bridgehead atoms. The number of fused-ring (bicyclic) bond motifs is 1. The van der Waals surface area contributed by atoms with E-state index in [4.69, 9.17) is 0 Å². The van der Waals surface area contributed by atoms with E-state index in [1.807, 2.05) is 61.6 Å². The average molecular weight is 364 g/mol. The summed E-state index contributed by atoms with van der Waals surface area (Å²) in [6.45, 7) is 0. The maximum atomic E-state index is 4.39. The van der Waals surface area contributed by atoms with E-state index in [9.17, 15) is 0 Å². The third-order valence-electron chi connectivity index (χ3n) is 2.69. The van der Waals surface area contributed by atoms with Gasteiger partial charge in [-0.05, 0) is 24.3 Å². The summed E-state index contributed by atoms with van der Waals surface area (Å²) >= 11 is 0. The van der Waals surface area contributed by atoms with Gasteiger partial charge in [0.2, 0.25) is 5.82 Å². The van der Waals surface area contributed by atoms with Gasteiger partial charge in [-0.25, -0.2) is 0 Å². The fraction of sp³-hybridized carbons (Fsp3) is 0.0714. The molecule has 1 aromatic heterocycles. The predicted molar refractivity (Wildman–Crippen MR) is 70.4 cm³/mol. The second kappa shape index (κ2) is 5.92. The van der Waals surface area contributed by atoms with Gasteiger partial charge in [-0.15, -0.1) is 0 Å². The highest BCUT2D eigenvalue weighted by Gasteiger charge is 2.10. The van der Waals surface area contributed by atoms with E-state index in [-0.39, 0.29) is 24.0 Å². The summed E-state index contributed by atoms with van der Waals surface area (Å²) in [6.07, 6.45) is 0. The van der Waals surface area contributed by atoms with E-state index in [2.05, 4.69) is 15.5 Å². The van der Waals surface area contributed by atoms with Crippen molar-refractivity contribution in [3.05, 3.63) is 54.6 Å². The van der Waals surface area contributed by atoms with Gasteiger partial charge in [0.25, 0.3) is 0 Å². The number of hydrogen-bond acceptors (Lipinski definition) is 3. The maximum Gasteiger partial charge on any atom is 0.210 e. The van der Waals surface area contributed by atoms with E-state index < -0.39 is 0 Å². The number of nitrogens with one attached hydrogen (secondary N) is 1. The first-order valence-electron chi connectivity index (χ1n) is 5.78. The predicted octanol–water partition coefficient (Wildman–Crippen LogP) is -0.798. The van der Waals surface area contributed by atoms with Crippen molar-refractivity contribution in [2.75, 3.05) is 5.32 Å². The molecule has 0 saturated heterocycles. The van der Waals surface area contributed by atoms with Gasteiger partial charge in [-0.2, -0.15) is 0 Å². The molecule has 3 aromatic rings. The Morgan fingerprint density at radius 2 is 1.58 bits per heavy atom. The summed E-state index contributed by atoms with van der Waals surface area (Å²) < 4.78 is 0. The van der Waals surface area contributed by atoms with Crippen molar-refractivity contribution < 1.29 is 28.8 Å². The van der Waals surface area contributed by atoms with Crippen molar-refractivity contribution in [3.63, 3.8) is 0 Å². The van der Waals surface area contributed by atoms with Gasteiger partial charge in [-0.3, -0.25) is 0 Å². The van der Waals surface area contributed by atoms with Gasteiger partial charge < -0.3 is 29.3 Å². The van der Waals surface area contributed by atoms with E-state index >= 15 is 0 Å². The molecule has 96 valence electrons. The highest BCUT2D eigenvalue weighted by molar-refractivity contribution is 5.89. The van der Waals surface area contributed by atoms with Crippen LogP contribution in [0.3, 0.4) is 0 Å². The first-order valence-corrected chi connectivity index (χ1v) is 5.78. The Balaban J connectivity index is 0.00000133. The van der Waals surface area contributed by atoms with Gasteiger partial charge >= 0.3 is 0 Å². The molecule has 0 aliphatic carbocycles. The van der Waals surface area contributed by atoms with Gasteiger partial charge in [0.15, 0.2) is 7.05 Å². The lowest BCUT2D eigenvalue weighted by Crippen LogP contribution is -3.00. The molecule has 0 spiro atoms. The fourth-order valence-corrected chi connectivity index (χ4v) is 1.89. The van der Waals surface area contributed by atoms with Crippen LogP contribution >= 0.6 is 0 Å². The lowest BCUT2D eigenvalue weighted by atomic mass is 10.2. The largest absolute Gasteiger partial charge is 1.00 e. The summed E-state index contributed by atoms with van der Waals surface area (Å²) in [5, 5.41) is 13.1. The van der Waals surface area contributed by atoms with Crippen LogP contribution in [0.1, 0.15) is 0 Å². The number of benzene rings is 2. The Hall–Kier alpha value is -1.76. The number of hydrogen-bond donors (Lipinski definition) is 1. The Bertz CT molecular complexity index is 685. The Labute approximate surface area is 128 Å². The minimum atomic E-state index is 0. The normalized spacial score (nSPS) is 9.95. The van der Waals surface area contributed by atoms with Crippen LogP contribution in [0, 0.1) is 0 Å². The summed E-state index contributed by atoms with van der Waals surface area (Å²) in [7, 11) is 1.82. The van der Waals surface area contributed by atoms with E-state index in [1.165, 1.54) is 0 Å². The van der Waals surface area contributed by atoms with Gasteiger partial charge in [0.1, 0.15) is 5.52 Å². The van der Waals surface area contributed by atoms with Gasteiger partial charge in [0, 0.05) is 20.7 Å². The molecule has 19 heavy (non-hydrogen) atoms. The minimum absolute atomic E-state index is 0. The van der Waals surface area contributed by atoms with Crippen LogP contribution in [0.2, 0.25) is 0 Å². The van der Waals surface area contributed by atoms with Crippen molar-refractivity contribution >= 4 is 22.4 Å². The number of nitrogens with zero attached hydrogens (tertiary/aromatic N) is 3. The molecule has 0 saturated carbocycles. The smallest absolute Gasteiger partial charge is 0.210 e. The molecule has 2 aromatic carbocycles. The Morgan fingerprint density at radius 1 is 0.895 bits per heavy atom. The van der Waals surface area contributed by atoms with Crippen LogP contribution in [0.15, 0.2) is 54.6 Å². The molecule has 0 aliphatic rings. The average Bonchev–Trinajstić information content (AvgIpc) is 2.40. The van der Waals surface area contributed by atoms with Gasteiger partial charge in [-0.1, -0.05) is 30.3 Å². The maximum absolute atomic E-state index is 4.39. The zero-order valence-corrected chi connectivity index (χ0v) is 12.6. The number of halogens is 1. The van der Waals surface area contributed by atoms with Crippen molar-refractivity contribution in [2.45, 2.75) is 0 Å². The fourth-order valence-electron chi connectivity index (χ4n) is 1.89. The SMILES string of the molecule is C[n+]1nc(Nc2ccccc2)c2ccccc2n1.[I-]. The Morgan fingerprint density at radius 3 is 2.37 bits per heavy atom. The number of para-hydroxylation sites is 1. The molecular weight excluding hydrogens is 351 g/mol. The van der Waals surface area contributed by atoms with E-state index in [1.54, 1.807) is 4.80 Å². The van der Waals surface area contributed by atoms with Crippen LogP contribution in [0.4, 0.5) is 11.5 Å². The molecule has 0 radical (unpaired) electrons. The number of aromatic nitrogens is 3. The van der Waals surface area contributed by atoms with Crippen molar-refractivity contribution in [2.24, 2.45) is 7.05 Å². The second-order valence-corrected chi connectivity index (χ2v) is 4.05. The summed E-state index contributed by atoms with van der Waals surface area (Å²) in [4.78, 5) is 1.58. The highest BCUT2D eigenvalue weighted by atomic mass is 127. The number of rotatable bonds is 2. The summed E-state index contributed by atoms with van der Waals surface area (Å²) in [5.74, 6) is 0.814. The number of anilines is 2. The number of aryl methyl sites for hydroxylation is 1. The molecule has 0 fully saturated rings. The first-order chi connectivity index (χ1) is 8.83. The molecule has 0 amide bonds. The van der Waals surface area contributed by atoms with E-state index in [0.717, 1.165) is 22.4 Å². The highest BCUT2D eigenvalue weighted by Crippen LogP contribution is 2.20. The Kier molecular flexibility index (Phi) is 4.26. The third-order valence-corrected chi connectivity index (χ3v) is 2.69. The van der Waals surface area contributed by atoms with Crippen LogP contribution < -0.4 is 34.1 Å². The zero-order valence-electron chi connectivity index (χ0n) is 10.4. The quantitative estimate of drug-likeness (QED) is 0.479. The molecular formula is C14H13IN4. The molecule has 4 nitrogen and oxygen atoms in total. The lowest BCUT2D eigenvalue weighted by molar-refractivity contribution is -0.783. The van der Waals surface area contributed by atoms with Crippen LogP contribution in [-0.2, 0) is 7.05 Å². The second-order valence-electron chi connectivity index (χ2n) is 4.05. The van der Waals surface area contributed by atoms with Crippen LogP contribution in [-0.4, -0.2) is 10.2 Å². The molecule has 0 aliphatic heterocycles. The topological polar surface area (TPSA) is 41.7 Å². The monoisotopic (exact) mass is 364 g/mol. The molecule has 1 N–H and O–H groups in total. The van der Waals surface area contributed by atoms with Crippen molar-refractivity contribution in [1.82, 2.24) is 10.2 Å². The molecule has 5 heteroatoms. The van der Waals surface area contributed by atoms with E-state index in [0.29, 0.717) is 0 Å². The van der Waals surface area contributed by atoms with Crippen LogP contribution in [0.25, 0.3) is 10.9 Å². The van der Waals surface area contributed by atoms with Gasteiger partial charge in [0.05, 0.1) is 5.39 Å². The summed E-state index contributed by atoms with van der Waals surface area (Å²) in [6, 6.07) is 18.0. The molecule has 0 atom stereocenters. The lowest BCUT2D eigenvalue weighted by Gasteiger charge is -2.05. The first kappa shape index (κ1) is 13.7. The van der Waals surface area contributed by atoms with Crippen molar-refractivity contribution in [1.29, 1.82) is 0 Å². The molecule has 3 rings (SSSR count). The third kappa shape index (κ3) is 2.98. The van der Waals surface area contributed by atoms with Crippen molar-refractivity contribution in [3.8, 4) is 0 Å². The molecule has 0 unspecified atom stereocenters. The minimum Gasteiger partial charge on any atom is -1.00 e. The molecule has 1 heterocycles.